The van der Waals surface area contributed by atoms with Gasteiger partial charge in [0.05, 0.1) is 0 Å². The summed E-state index contributed by atoms with van der Waals surface area (Å²) in [6.07, 6.45) is 4.70. The summed E-state index contributed by atoms with van der Waals surface area (Å²) in [5.74, 6) is 5.64. The van der Waals surface area contributed by atoms with Crippen LogP contribution in [0.25, 0.3) is 0 Å². The van der Waals surface area contributed by atoms with E-state index in [-0.39, 0.29) is 0 Å². The second-order valence-electron chi connectivity index (χ2n) is 3.81. The van der Waals surface area contributed by atoms with Crippen LogP contribution in [0.15, 0.2) is 0 Å². The van der Waals surface area contributed by atoms with Crippen molar-refractivity contribution < 1.29 is 10.2 Å². The molecule has 2 heteroatoms. The fourth-order valence-electron chi connectivity index (χ4n) is 1.77. The quantitative estimate of drug-likeness (QED) is 0.600. The van der Waals surface area contributed by atoms with Gasteiger partial charge in [0, 0.05) is 0 Å². The fourth-order valence-corrected chi connectivity index (χ4v) is 1.77. The van der Waals surface area contributed by atoms with Crippen molar-refractivity contribution in [3.05, 3.63) is 0 Å². The lowest BCUT2D eigenvalue weighted by Crippen LogP contribution is -2.21. The van der Waals surface area contributed by atoms with Crippen molar-refractivity contribution in [1.29, 1.82) is 0 Å². The third-order valence-electron chi connectivity index (χ3n) is 2.54. The molecule has 0 bridgehead atoms. The number of aliphatic hydroxyl groups is 2. The van der Waals surface area contributed by atoms with Gasteiger partial charge in [0.1, 0.15) is 12.2 Å². The second kappa shape index (κ2) is 5.26. The molecule has 2 N–H and O–H groups in total. The first kappa shape index (κ1) is 10.6. The van der Waals surface area contributed by atoms with Crippen LogP contribution >= 0.6 is 0 Å². The highest BCUT2D eigenvalue weighted by molar-refractivity contribution is 5.09. The predicted octanol–water partition coefficient (Wildman–Crippen LogP) is 1.31. The third-order valence-corrected chi connectivity index (χ3v) is 2.54. The molecule has 0 aromatic carbocycles. The van der Waals surface area contributed by atoms with Crippen molar-refractivity contribution in [3.63, 3.8) is 0 Å². The summed E-state index contributed by atoms with van der Waals surface area (Å²) >= 11 is 0. The zero-order valence-electron chi connectivity index (χ0n) is 8.16. The van der Waals surface area contributed by atoms with E-state index in [0.717, 1.165) is 12.8 Å². The van der Waals surface area contributed by atoms with Crippen LogP contribution in [0.2, 0.25) is 0 Å². The van der Waals surface area contributed by atoms with Gasteiger partial charge in [0.15, 0.2) is 0 Å². The van der Waals surface area contributed by atoms with Crippen molar-refractivity contribution >= 4 is 0 Å². The molecule has 0 aliphatic heterocycles. The summed E-state index contributed by atoms with van der Waals surface area (Å²) in [7, 11) is 0. The van der Waals surface area contributed by atoms with E-state index < -0.39 is 12.2 Å². The monoisotopic (exact) mass is 182 g/mol. The number of rotatable bonds is 1. The van der Waals surface area contributed by atoms with Gasteiger partial charge in [0.25, 0.3) is 0 Å². The molecule has 1 aliphatic carbocycles. The molecule has 0 amide bonds. The summed E-state index contributed by atoms with van der Waals surface area (Å²) in [5, 5.41) is 18.6. The Kier molecular flexibility index (Phi) is 4.27. The molecule has 13 heavy (non-hydrogen) atoms. The van der Waals surface area contributed by atoms with E-state index in [4.69, 9.17) is 5.11 Å². The Morgan fingerprint density at radius 2 is 1.69 bits per heavy atom. The van der Waals surface area contributed by atoms with Crippen molar-refractivity contribution in [2.45, 2.75) is 51.2 Å². The lowest BCUT2D eigenvalue weighted by atomic mass is 9.85. The Balaban J connectivity index is 2.38. The summed E-state index contributed by atoms with van der Waals surface area (Å²) in [6, 6.07) is 0. The van der Waals surface area contributed by atoms with Crippen LogP contribution in [0, 0.1) is 17.8 Å². The van der Waals surface area contributed by atoms with Crippen LogP contribution in [0.4, 0.5) is 0 Å². The molecule has 0 aromatic rings. The maximum atomic E-state index is 9.64. The van der Waals surface area contributed by atoms with Crippen LogP contribution in [-0.2, 0) is 0 Å². The zero-order valence-corrected chi connectivity index (χ0v) is 8.16. The minimum absolute atomic E-state index is 0.333. The number of hydrogen-bond acceptors (Lipinski definition) is 2. The second-order valence-corrected chi connectivity index (χ2v) is 3.81. The maximum absolute atomic E-state index is 9.64. The molecule has 1 saturated carbocycles. The van der Waals surface area contributed by atoms with E-state index in [1.165, 1.54) is 19.3 Å². The third kappa shape index (κ3) is 3.80. The van der Waals surface area contributed by atoms with Crippen molar-refractivity contribution in [2.24, 2.45) is 5.92 Å². The van der Waals surface area contributed by atoms with E-state index in [0.29, 0.717) is 5.92 Å². The van der Waals surface area contributed by atoms with Gasteiger partial charge in [-0.1, -0.05) is 31.1 Å². The fraction of sp³-hybridized carbons (Fsp3) is 0.818. The minimum atomic E-state index is -0.627. The lowest BCUT2D eigenvalue weighted by molar-refractivity contribution is 0.132. The zero-order chi connectivity index (χ0) is 9.68. The highest BCUT2D eigenvalue weighted by Gasteiger charge is 2.19. The highest BCUT2D eigenvalue weighted by Crippen LogP contribution is 2.26. The minimum Gasteiger partial charge on any atom is -0.381 e. The molecule has 74 valence electrons. The topological polar surface area (TPSA) is 40.5 Å². The van der Waals surface area contributed by atoms with Crippen molar-refractivity contribution in [3.8, 4) is 11.8 Å². The molecule has 1 rings (SSSR count). The van der Waals surface area contributed by atoms with Gasteiger partial charge in [-0.15, -0.1) is 0 Å². The van der Waals surface area contributed by atoms with Gasteiger partial charge in [-0.05, 0) is 25.7 Å². The molecular weight excluding hydrogens is 164 g/mol. The van der Waals surface area contributed by atoms with Crippen molar-refractivity contribution in [2.75, 3.05) is 0 Å². The molecule has 1 aliphatic rings. The summed E-state index contributed by atoms with van der Waals surface area (Å²) in [5.41, 5.74) is 0. The smallest absolute Gasteiger partial charge is 0.117 e. The van der Waals surface area contributed by atoms with Gasteiger partial charge in [-0.3, -0.25) is 0 Å². The molecule has 0 heterocycles. The maximum Gasteiger partial charge on any atom is 0.117 e. The standard InChI is InChI=1S/C11H18O2/c1-9(12)7-8-11(13)10-5-3-2-4-6-10/h9-13H,2-6H2,1H3/t9-,11-/m0/s1. The van der Waals surface area contributed by atoms with Crippen LogP contribution in [-0.4, -0.2) is 22.4 Å². The molecule has 1 fully saturated rings. The Morgan fingerprint density at radius 1 is 1.08 bits per heavy atom. The summed E-state index contributed by atoms with van der Waals surface area (Å²) in [4.78, 5) is 0. The van der Waals surface area contributed by atoms with E-state index >= 15 is 0 Å². The van der Waals surface area contributed by atoms with Gasteiger partial charge in [-0.25, -0.2) is 0 Å². The van der Waals surface area contributed by atoms with Gasteiger partial charge in [-0.2, -0.15) is 0 Å². The average Bonchev–Trinajstić information content (AvgIpc) is 2.15. The van der Waals surface area contributed by atoms with Gasteiger partial charge < -0.3 is 10.2 Å². The molecule has 2 nitrogen and oxygen atoms in total. The molecular formula is C11H18O2. The molecule has 0 unspecified atom stereocenters. The van der Waals surface area contributed by atoms with Gasteiger partial charge in [0.2, 0.25) is 0 Å². The Hall–Kier alpha value is -0.520. The van der Waals surface area contributed by atoms with Crippen LogP contribution in [0.5, 0.6) is 0 Å². The highest BCUT2D eigenvalue weighted by atomic mass is 16.3. The van der Waals surface area contributed by atoms with E-state index in [2.05, 4.69) is 11.8 Å². The normalized spacial score (nSPS) is 23.0. The predicted molar refractivity (Wildman–Crippen MR) is 52.0 cm³/mol. The average molecular weight is 182 g/mol. The number of aliphatic hydroxyl groups excluding tert-OH is 2. The van der Waals surface area contributed by atoms with Crippen molar-refractivity contribution in [1.82, 2.24) is 0 Å². The largest absolute Gasteiger partial charge is 0.381 e. The van der Waals surface area contributed by atoms with Crippen LogP contribution < -0.4 is 0 Å². The van der Waals surface area contributed by atoms with E-state index in [1.807, 2.05) is 0 Å². The molecule has 0 saturated heterocycles. The summed E-state index contributed by atoms with van der Waals surface area (Å²) in [6.45, 7) is 1.61. The first-order valence-corrected chi connectivity index (χ1v) is 5.07. The Labute approximate surface area is 80.0 Å². The first-order chi connectivity index (χ1) is 6.20. The Bertz CT molecular complexity index is 194. The van der Waals surface area contributed by atoms with E-state index in [1.54, 1.807) is 6.92 Å². The van der Waals surface area contributed by atoms with Gasteiger partial charge >= 0.3 is 0 Å². The molecule has 2 atom stereocenters. The molecule has 0 spiro atoms. The van der Waals surface area contributed by atoms with E-state index in [9.17, 15) is 5.11 Å². The summed E-state index contributed by atoms with van der Waals surface area (Å²) < 4.78 is 0. The lowest BCUT2D eigenvalue weighted by Gasteiger charge is -2.23. The molecule has 0 aromatic heterocycles. The van der Waals surface area contributed by atoms with Crippen LogP contribution in [0.1, 0.15) is 39.0 Å². The Morgan fingerprint density at radius 3 is 2.23 bits per heavy atom. The SMILES string of the molecule is C[C@H](O)C#C[C@H](O)C1CCCCC1. The molecule has 0 radical (unpaired) electrons. The first-order valence-electron chi connectivity index (χ1n) is 5.07. The van der Waals surface area contributed by atoms with Crippen LogP contribution in [0.3, 0.4) is 0 Å². The number of hydrogen-bond donors (Lipinski definition) is 2.